The third kappa shape index (κ3) is 4.53. The van der Waals surface area contributed by atoms with Crippen LogP contribution >= 0.6 is 0 Å². The van der Waals surface area contributed by atoms with E-state index in [1.54, 1.807) is 25.3 Å². The highest BCUT2D eigenvalue weighted by Gasteiger charge is 2.08. The average Bonchev–Trinajstić information content (AvgIpc) is 2.49. The fourth-order valence-electron chi connectivity index (χ4n) is 2.04. The third-order valence-electron chi connectivity index (χ3n) is 3.07. The molecule has 21 heavy (non-hydrogen) atoms. The smallest absolute Gasteiger partial charge is 0.307 e. The van der Waals surface area contributed by atoms with E-state index in [2.05, 4.69) is 12.1 Å². The van der Waals surface area contributed by atoms with E-state index in [0.717, 1.165) is 6.42 Å². The van der Waals surface area contributed by atoms with Crippen LogP contribution in [0, 0.1) is 0 Å². The molecule has 0 saturated carbocycles. The summed E-state index contributed by atoms with van der Waals surface area (Å²) < 4.78 is 11.0. The summed E-state index contributed by atoms with van der Waals surface area (Å²) in [6.45, 7) is 0.540. The van der Waals surface area contributed by atoms with Crippen LogP contribution in [-0.4, -0.2) is 24.8 Å². The van der Waals surface area contributed by atoms with Gasteiger partial charge in [0.15, 0.2) is 11.5 Å². The number of benzene rings is 2. The fraction of sp³-hybridized carbons (Fsp3) is 0.235. The first-order chi connectivity index (χ1) is 10.2. The van der Waals surface area contributed by atoms with Gasteiger partial charge < -0.3 is 14.6 Å². The van der Waals surface area contributed by atoms with Gasteiger partial charge in [-0.3, -0.25) is 4.79 Å². The molecule has 2 aromatic carbocycles. The van der Waals surface area contributed by atoms with E-state index in [1.165, 1.54) is 5.56 Å². The first-order valence-electron chi connectivity index (χ1n) is 6.74. The number of carboxylic acid groups (broad SMARTS) is 1. The number of carbonyl (C=O) groups is 1. The zero-order valence-corrected chi connectivity index (χ0v) is 11.9. The lowest BCUT2D eigenvalue weighted by Crippen LogP contribution is -2.04. The van der Waals surface area contributed by atoms with E-state index in [-0.39, 0.29) is 6.42 Å². The van der Waals surface area contributed by atoms with Crippen molar-refractivity contribution in [2.75, 3.05) is 13.7 Å². The van der Waals surface area contributed by atoms with E-state index in [4.69, 9.17) is 14.6 Å². The Morgan fingerprint density at radius 1 is 1.05 bits per heavy atom. The highest BCUT2D eigenvalue weighted by Crippen LogP contribution is 2.28. The van der Waals surface area contributed by atoms with Crippen LogP contribution in [0.5, 0.6) is 11.5 Å². The molecule has 0 aliphatic heterocycles. The lowest BCUT2D eigenvalue weighted by atomic mass is 10.1. The van der Waals surface area contributed by atoms with Gasteiger partial charge in [0.1, 0.15) is 0 Å². The molecule has 0 radical (unpaired) electrons. The summed E-state index contributed by atoms with van der Waals surface area (Å²) in [4.78, 5) is 10.7. The Morgan fingerprint density at radius 3 is 2.48 bits per heavy atom. The Morgan fingerprint density at radius 2 is 1.81 bits per heavy atom. The first-order valence-corrected chi connectivity index (χ1v) is 6.74. The van der Waals surface area contributed by atoms with E-state index in [1.807, 2.05) is 18.2 Å². The monoisotopic (exact) mass is 286 g/mol. The van der Waals surface area contributed by atoms with E-state index in [0.29, 0.717) is 23.7 Å². The molecule has 0 bridgehead atoms. The predicted molar refractivity (Wildman–Crippen MR) is 80.0 cm³/mol. The Hall–Kier alpha value is -2.49. The van der Waals surface area contributed by atoms with Crippen LogP contribution < -0.4 is 9.47 Å². The molecule has 0 aliphatic carbocycles. The quantitative estimate of drug-likeness (QED) is 0.850. The summed E-state index contributed by atoms with van der Waals surface area (Å²) in [6, 6.07) is 15.3. The number of carboxylic acids is 1. The summed E-state index contributed by atoms with van der Waals surface area (Å²) >= 11 is 0. The molecule has 4 heteroatoms. The van der Waals surface area contributed by atoms with Crippen LogP contribution in [0.25, 0.3) is 0 Å². The molecule has 0 atom stereocenters. The summed E-state index contributed by atoms with van der Waals surface area (Å²) in [5.41, 5.74) is 1.90. The number of rotatable bonds is 7. The number of methoxy groups -OCH3 is 1. The van der Waals surface area contributed by atoms with Crippen molar-refractivity contribution in [2.45, 2.75) is 12.8 Å². The highest BCUT2D eigenvalue weighted by atomic mass is 16.5. The topological polar surface area (TPSA) is 55.8 Å². The zero-order valence-electron chi connectivity index (χ0n) is 11.9. The second-order valence-electron chi connectivity index (χ2n) is 4.64. The van der Waals surface area contributed by atoms with Gasteiger partial charge in [-0.25, -0.2) is 0 Å². The molecule has 0 aromatic heterocycles. The summed E-state index contributed by atoms with van der Waals surface area (Å²) in [6.07, 6.45) is 0.779. The van der Waals surface area contributed by atoms with Gasteiger partial charge in [0.25, 0.3) is 0 Å². The van der Waals surface area contributed by atoms with E-state index < -0.39 is 5.97 Å². The van der Waals surface area contributed by atoms with Gasteiger partial charge in [-0.05, 0) is 23.3 Å². The minimum absolute atomic E-state index is 0.0271. The maximum atomic E-state index is 10.7. The first kappa shape index (κ1) is 14.9. The minimum atomic E-state index is -0.866. The molecule has 0 saturated heterocycles. The molecule has 0 heterocycles. The fourth-order valence-corrected chi connectivity index (χ4v) is 2.04. The Balaban J connectivity index is 1.97. The second kappa shape index (κ2) is 7.33. The molecule has 0 fully saturated rings. The number of aliphatic carboxylic acids is 1. The van der Waals surface area contributed by atoms with Gasteiger partial charge in [0, 0.05) is 6.42 Å². The number of ether oxygens (including phenoxy) is 2. The molecule has 110 valence electrons. The van der Waals surface area contributed by atoms with Crippen molar-refractivity contribution in [3.8, 4) is 11.5 Å². The van der Waals surface area contributed by atoms with Crippen LogP contribution in [-0.2, 0) is 17.6 Å². The van der Waals surface area contributed by atoms with Crippen LogP contribution in [0.4, 0.5) is 0 Å². The SMILES string of the molecule is COc1cc(CC(=O)O)ccc1OCCc1ccccc1. The molecule has 2 rings (SSSR count). The molecule has 1 N–H and O–H groups in total. The van der Waals surface area contributed by atoms with Crippen molar-refractivity contribution < 1.29 is 19.4 Å². The molecule has 0 amide bonds. The van der Waals surface area contributed by atoms with E-state index in [9.17, 15) is 4.79 Å². The molecule has 2 aromatic rings. The predicted octanol–water partition coefficient (Wildman–Crippen LogP) is 2.94. The van der Waals surface area contributed by atoms with Crippen molar-refractivity contribution in [3.05, 3.63) is 59.7 Å². The Kier molecular flexibility index (Phi) is 5.21. The summed E-state index contributed by atoms with van der Waals surface area (Å²) in [5.74, 6) is 0.319. The van der Waals surface area contributed by atoms with Crippen molar-refractivity contribution in [1.82, 2.24) is 0 Å². The maximum Gasteiger partial charge on any atom is 0.307 e. The van der Waals surface area contributed by atoms with Gasteiger partial charge >= 0.3 is 5.97 Å². The standard InChI is InChI=1S/C17H18O4/c1-20-16-11-14(12-17(18)19)7-8-15(16)21-10-9-13-5-3-2-4-6-13/h2-8,11H,9-10,12H2,1H3,(H,18,19). The lowest BCUT2D eigenvalue weighted by molar-refractivity contribution is -0.136. The van der Waals surface area contributed by atoms with Gasteiger partial charge in [0.05, 0.1) is 20.1 Å². The normalized spacial score (nSPS) is 10.1. The van der Waals surface area contributed by atoms with Crippen LogP contribution in [0.15, 0.2) is 48.5 Å². The van der Waals surface area contributed by atoms with Gasteiger partial charge in [-0.2, -0.15) is 0 Å². The van der Waals surface area contributed by atoms with Crippen molar-refractivity contribution in [1.29, 1.82) is 0 Å². The third-order valence-corrected chi connectivity index (χ3v) is 3.07. The van der Waals surface area contributed by atoms with Gasteiger partial charge in [0.2, 0.25) is 0 Å². The van der Waals surface area contributed by atoms with Crippen LogP contribution in [0.2, 0.25) is 0 Å². The number of hydrogen-bond acceptors (Lipinski definition) is 3. The number of hydrogen-bond donors (Lipinski definition) is 1. The highest BCUT2D eigenvalue weighted by molar-refractivity contribution is 5.70. The summed E-state index contributed by atoms with van der Waals surface area (Å²) in [7, 11) is 1.55. The second-order valence-corrected chi connectivity index (χ2v) is 4.64. The van der Waals surface area contributed by atoms with Crippen molar-refractivity contribution in [2.24, 2.45) is 0 Å². The summed E-state index contributed by atoms with van der Waals surface area (Å²) in [5, 5.41) is 8.80. The minimum Gasteiger partial charge on any atom is -0.493 e. The van der Waals surface area contributed by atoms with Gasteiger partial charge in [-0.1, -0.05) is 36.4 Å². The molecule has 0 unspecified atom stereocenters. The Labute approximate surface area is 123 Å². The van der Waals surface area contributed by atoms with E-state index >= 15 is 0 Å². The molecule has 0 aliphatic rings. The van der Waals surface area contributed by atoms with Crippen molar-refractivity contribution >= 4 is 5.97 Å². The largest absolute Gasteiger partial charge is 0.493 e. The van der Waals surface area contributed by atoms with Crippen molar-refractivity contribution in [3.63, 3.8) is 0 Å². The molecule has 4 nitrogen and oxygen atoms in total. The average molecular weight is 286 g/mol. The maximum absolute atomic E-state index is 10.7. The zero-order chi connectivity index (χ0) is 15.1. The Bertz CT molecular complexity index is 593. The molecular formula is C17H18O4. The molecule has 0 spiro atoms. The van der Waals surface area contributed by atoms with Crippen LogP contribution in [0.1, 0.15) is 11.1 Å². The lowest BCUT2D eigenvalue weighted by Gasteiger charge is -2.12. The molecular weight excluding hydrogens is 268 g/mol. The van der Waals surface area contributed by atoms with Gasteiger partial charge in [-0.15, -0.1) is 0 Å². The van der Waals surface area contributed by atoms with Crippen LogP contribution in [0.3, 0.4) is 0 Å².